The van der Waals surface area contributed by atoms with Gasteiger partial charge in [-0.3, -0.25) is 4.79 Å². The van der Waals surface area contributed by atoms with E-state index in [1.165, 1.54) is 12.1 Å². The second-order valence-corrected chi connectivity index (χ2v) is 7.08. The number of phenols is 1. The molecule has 0 aliphatic carbocycles. The van der Waals surface area contributed by atoms with Gasteiger partial charge in [0.05, 0.1) is 7.14 Å². The number of hydrogen-bond acceptors (Lipinski definition) is 4. The monoisotopic (exact) mass is 543 g/mol. The Hall–Kier alpha value is -1.14. The van der Waals surface area contributed by atoms with Crippen LogP contribution in [0.15, 0.2) is 30.3 Å². The van der Waals surface area contributed by atoms with Crippen LogP contribution < -0.4 is 10.5 Å². The van der Waals surface area contributed by atoms with Gasteiger partial charge in [0.1, 0.15) is 11.8 Å². The molecule has 8 heteroatoms. The number of aliphatic carboxylic acids is 1. The van der Waals surface area contributed by atoms with Crippen molar-refractivity contribution in [3.8, 4) is 17.2 Å². The van der Waals surface area contributed by atoms with Crippen LogP contribution in [0.5, 0.6) is 17.2 Å². The normalized spacial score (nSPS) is 12.0. The van der Waals surface area contributed by atoms with Crippen molar-refractivity contribution in [2.24, 2.45) is 5.73 Å². The summed E-state index contributed by atoms with van der Waals surface area (Å²) in [5.41, 5.74) is 6.32. The van der Waals surface area contributed by atoms with Crippen molar-refractivity contribution in [3.63, 3.8) is 0 Å². The van der Waals surface area contributed by atoms with E-state index in [1.807, 2.05) is 0 Å². The number of carboxylic acid groups (broad SMARTS) is 1. The topological polar surface area (TPSA) is 92.8 Å². The molecular formula is C15H12FI2NO4. The Morgan fingerprint density at radius 1 is 1.26 bits per heavy atom. The Morgan fingerprint density at radius 2 is 1.87 bits per heavy atom. The SMILES string of the molecule is N[C@@H](Cc1cc(I)c(Oc2ccc(O)c(F)c2)c(I)c1)C(=O)O. The minimum Gasteiger partial charge on any atom is -0.505 e. The van der Waals surface area contributed by atoms with Crippen LogP contribution in [-0.4, -0.2) is 22.2 Å². The Labute approximate surface area is 158 Å². The zero-order valence-electron chi connectivity index (χ0n) is 11.6. The first-order valence-electron chi connectivity index (χ1n) is 6.40. The molecule has 4 N–H and O–H groups in total. The summed E-state index contributed by atoms with van der Waals surface area (Å²) in [7, 11) is 0. The van der Waals surface area contributed by atoms with Crippen molar-refractivity contribution >= 4 is 51.2 Å². The van der Waals surface area contributed by atoms with E-state index in [1.54, 1.807) is 12.1 Å². The lowest BCUT2D eigenvalue weighted by Crippen LogP contribution is -2.32. The quantitative estimate of drug-likeness (QED) is 0.503. The zero-order valence-corrected chi connectivity index (χ0v) is 15.9. The third-order valence-electron chi connectivity index (χ3n) is 2.97. The molecule has 23 heavy (non-hydrogen) atoms. The number of ether oxygens (including phenoxy) is 1. The van der Waals surface area contributed by atoms with Crippen molar-refractivity contribution in [2.45, 2.75) is 12.5 Å². The number of aromatic hydroxyl groups is 1. The van der Waals surface area contributed by atoms with Crippen molar-refractivity contribution < 1.29 is 24.1 Å². The predicted molar refractivity (Wildman–Crippen MR) is 99.3 cm³/mol. The fourth-order valence-electron chi connectivity index (χ4n) is 1.84. The van der Waals surface area contributed by atoms with Gasteiger partial charge in [-0.15, -0.1) is 0 Å². The highest BCUT2D eigenvalue weighted by Crippen LogP contribution is 2.34. The zero-order chi connectivity index (χ0) is 17.1. The van der Waals surface area contributed by atoms with Crippen molar-refractivity contribution in [1.82, 2.24) is 0 Å². The number of rotatable bonds is 5. The van der Waals surface area contributed by atoms with Gasteiger partial charge >= 0.3 is 5.97 Å². The molecule has 0 aliphatic rings. The first-order valence-corrected chi connectivity index (χ1v) is 8.56. The van der Waals surface area contributed by atoms with E-state index in [0.717, 1.165) is 18.8 Å². The van der Waals surface area contributed by atoms with Gasteiger partial charge in [0.2, 0.25) is 0 Å². The fourth-order valence-corrected chi connectivity index (χ4v) is 3.96. The average molecular weight is 543 g/mol. The van der Waals surface area contributed by atoms with Gasteiger partial charge in [-0.1, -0.05) is 0 Å². The number of phenolic OH excluding ortho intramolecular Hbond substituents is 1. The van der Waals surface area contributed by atoms with Gasteiger partial charge in [-0.05, 0) is 81.4 Å². The van der Waals surface area contributed by atoms with E-state index in [0.29, 0.717) is 5.75 Å². The van der Waals surface area contributed by atoms with E-state index in [9.17, 15) is 14.3 Å². The van der Waals surface area contributed by atoms with E-state index in [2.05, 4.69) is 45.2 Å². The lowest BCUT2D eigenvalue weighted by Gasteiger charge is -2.13. The second-order valence-electron chi connectivity index (χ2n) is 4.75. The van der Waals surface area contributed by atoms with Crippen LogP contribution in [-0.2, 0) is 11.2 Å². The largest absolute Gasteiger partial charge is 0.505 e. The maximum absolute atomic E-state index is 13.4. The molecule has 0 aromatic heterocycles. The molecule has 2 aromatic rings. The van der Waals surface area contributed by atoms with Crippen LogP contribution in [0, 0.1) is 13.0 Å². The summed E-state index contributed by atoms with van der Waals surface area (Å²) >= 11 is 4.11. The molecule has 0 heterocycles. The summed E-state index contributed by atoms with van der Waals surface area (Å²) < 4.78 is 20.5. The van der Waals surface area contributed by atoms with E-state index < -0.39 is 23.6 Å². The molecular weight excluding hydrogens is 531 g/mol. The van der Waals surface area contributed by atoms with Gasteiger partial charge in [-0.25, -0.2) is 4.39 Å². The molecule has 0 saturated carbocycles. The first kappa shape index (κ1) is 18.2. The lowest BCUT2D eigenvalue weighted by molar-refractivity contribution is -0.138. The summed E-state index contributed by atoms with van der Waals surface area (Å²) in [6, 6.07) is 6.34. The van der Waals surface area contributed by atoms with Gasteiger partial charge in [-0.2, -0.15) is 0 Å². The van der Waals surface area contributed by atoms with Gasteiger partial charge in [0, 0.05) is 6.07 Å². The minimum atomic E-state index is -1.06. The number of carboxylic acids is 1. The van der Waals surface area contributed by atoms with Crippen LogP contribution in [0.2, 0.25) is 0 Å². The summed E-state index contributed by atoms with van der Waals surface area (Å²) in [6.07, 6.45) is 0.204. The molecule has 122 valence electrons. The third-order valence-corrected chi connectivity index (χ3v) is 4.57. The van der Waals surface area contributed by atoms with Gasteiger partial charge in [0.25, 0.3) is 0 Å². The first-order chi connectivity index (χ1) is 10.8. The Balaban J connectivity index is 2.26. The summed E-state index contributed by atoms with van der Waals surface area (Å²) in [6.45, 7) is 0. The lowest BCUT2D eigenvalue weighted by atomic mass is 10.1. The van der Waals surface area contributed by atoms with Crippen molar-refractivity contribution in [1.29, 1.82) is 0 Å². The average Bonchev–Trinajstić information content (AvgIpc) is 2.46. The van der Waals surface area contributed by atoms with E-state index in [-0.39, 0.29) is 12.2 Å². The molecule has 0 aliphatic heterocycles. The third kappa shape index (κ3) is 4.67. The van der Waals surface area contributed by atoms with E-state index >= 15 is 0 Å². The Kier molecular flexibility index (Phi) is 6.03. The predicted octanol–water partition coefficient (Wildman–Crippen LogP) is 3.49. The molecule has 1 atom stereocenters. The fraction of sp³-hybridized carbons (Fsp3) is 0.133. The van der Waals surface area contributed by atoms with Crippen LogP contribution in [0.1, 0.15) is 5.56 Å². The van der Waals surface area contributed by atoms with Crippen molar-refractivity contribution in [3.05, 3.63) is 48.9 Å². The number of nitrogens with two attached hydrogens (primary N) is 1. The molecule has 0 unspecified atom stereocenters. The van der Waals surface area contributed by atoms with Crippen LogP contribution in [0.4, 0.5) is 4.39 Å². The Morgan fingerprint density at radius 3 is 2.39 bits per heavy atom. The molecule has 5 nitrogen and oxygen atoms in total. The van der Waals surface area contributed by atoms with Crippen LogP contribution in [0.25, 0.3) is 0 Å². The Bertz CT molecular complexity index is 731. The molecule has 2 rings (SSSR count). The minimum absolute atomic E-state index is 0.204. The van der Waals surface area contributed by atoms with Crippen LogP contribution in [0.3, 0.4) is 0 Å². The highest BCUT2D eigenvalue weighted by Gasteiger charge is 2.16. The molecule has 2 aromatic carbocycles. The molecule has 0 radical (unpaired) electrons. The van der Waals surface area contributed by atoms with Gasteiger partial charge in [0.15, 0.2) is 17.3 Å². The molecule has 0 fully saturated rings. The maximum atomic E-state index is 13.4. The summed E-state index contributed by atoms with van der Waals surface area (Å²) in [5.74, 6) is -1.48. The summed E-state index contributed by atoms with van der Waals surface area (Å²) in [4.78, 5) is 10.8. The summed E-state index contributed by atoms with van der Waals surface area (Å²) in [5, 5.41) is 18.1. The molecule has 0 bridgehead atoms. The van der Waals surface area contributed by atoms with E-state index in [4.69, 9.17) is 15.6 Å². The molecule has 0 spiro atoms. The van der Waals surface area contributed by atoms with Gasteiger partial charge < -0.3 is 20.7 Å². The number of halogens is 3. The number of carbonyl (C=O) groups is 1. The second kappa shape index (κ2) is 7.62. The number of hydrogen-bond donors (Lipinski definition) is 3. The highest BCUT2D eigenvalue weighted by atomic mass is 127. The smallest absolute Gasteiger partial charge is 0.320 e. The molecule has 0 saturated heterocycles. The number of benzene rings is 2. The highest BCUT2D eigenvalue weighted by molar-refractivity contribution is 14.1. The standard InChI is InChI=1S/C15H12FI2NO4/c16-9-6-8(1-2-13(9)20)23-14-10(17)3-7(4-11(14)18)5-12(19)15(21)22/h1-4,6,12,20H,5,19H2,(H,21,22)/t12-/m0/s1. The maximum Gasteiger partial charge on any atom is 0.320 e. The van der Waals surface area contributed by atoms with Crippen LogP contribution >= 0.6 is 45.2 Å². The molecule has 0 amide bonds. The van der Waals surface area contributed by atoms with Crippen molar-refractivity contribution in [2.75, 3.05) is 0 Å².